The number of hydrogen-bond acceptors (Lipinski definition) is 3. The molecule has 2 N–H and O–H groups in total. The zero-order valence-corrected chi connectivity index (χ0v) is 19.4. The predicted molar refractivity (Wildman–Crippen MR) is 122 cm³/mol. The highest BCUT2D eigenvalue weighted by Gasteiger charge is 2.25. The normalized spacial score (nSPS) is 15.5. The summed E-state index contributed by atoms with van der Waals surface area (Å²) in [5.41, 5.74) is 3.96. The molecule has 2 aromatic carbocycles. The van der Waals surface area contributed by atoms with Crippen molar-refractivity contribution in [3.8, 4) is 11.5 Å². The molecule has 1 heterocycles. The van der Waals surface area contributed by atoms with Crippen molar-refractivity contribution in [2.24, 2.45) is 0 Å². The van der Waals surface area contributed by atoms with Gasteiger partial charge in [0.25, 0.3) is 5.91 Å². The first-order chi connectivity index (χ1) is 15.0. The maximum atomic E-state index is 12.8. The van der Waals surface area contributed by atoms with Gasteiger partial charge in [0.1, 0.15) is 6.54 Å². The van der Waals surface area contributed by atoms with E-state index in [0.717, 1.165) is 57.2 Å². The molecule has 31 heavy (non-hydrogen) atoms. The van der Waals surface area contributed by atoms with Gasteiger partial charge in [-0.2, -0.15) is 0 Å². The van der Waals surface area contributed by atoms with Gasteiger partial charge >= 0.3 is 0 Å². The van der Waals surface area contributed by atoms with Crippen molar-refractivity contribution >= 4 is 5.91 Å². The van der Waals surface area contributed by atoms with Gasteiger partial charge in [0.05, 0.1) is 54.0 Å². The Kier molecular flexibility index (Phi) is 8.32. The van der Waals surface area contributed by atoms with Crippen LogP contribution in [-0.2, 0) is 17.8 Å². The maximum absolute atomic E-state index is 12.8. The first-order valence-electron chi connectivity index (χ1n) is 11.2. The third-order valence-electron chi connectivity index (χ3n) is 6.27. The van der Waals surface area contributed by atoms with Gasteiger partial charge in [-0.1, -0.05) is 30.3 Å². The van der Waals surface area contributed by atoms with Crippen molar-refractivity contribution in [2.75, 3.05) is 60.5 Å². The maximum Gasteiger partial charge on any atom is 0.278 e. The second-order valence-electron chi connectivity index (χ2n) is 8.56. The monoisotopic (exact) mass is 427 g/mol. The fourth-order valence-electron chi connectivity index (χ4n) is 4.18. The van der Waals surface area contributed by atoms with Crippen LogP contribution in [0.5, 0.6) is 11.5 Å². The Balaban J connectivity index is 1.42. The number of aryl methyl sites for hydroxylation is 1. The molecule has 1 fully saturated rings. The highest BCUT2D eigenvalue weighted by atomic mass is 16.5. The molecule has 6 heteroatoms. The molecule has 3 rings (SSSR count). The topological polar surface area (TPSA) is 47.7 Å². The standard InChI is InChI=1S/C25H35N3O3/c1-20-7-5-6-8-22(20)18-27-13-15-28(16-14-27)25(29)19-26(2)12-11-21-9-10-23(30-3)24(17-21)31-4/h5-10,17H,11-16,18-19H2,1-4H3/p+2. The number of amides is 1. The van der Waals surface area contributed by atoms with Gasteiger partial charge in [0.2, 0.25) is 0 Å². The van der Waals surface area contributed by atoms with E-state index in [1.807, 2.05) is 17.0 Å². The number of likely N-dealkylation sites (N-methyl/N-ethyl adjacent to an activating group) is 1. The summed E-state index contributed by atoms with van der Waals surface area (Å²) in [4.78, 5) is 17.6. The number of quaternary nitrogens is 2. The molecule has 0 radical (unpaired) electrons. The fourth-order valence-corrected chi connectivity index (χ4v) is 4.18. The number of rotatable bonds is 9. The summed E-state index contributed by atoms with van der Waals surface area (Å²) in [5, 5.41) is 0. The first-order valence-corrected chi connectivity index (χ1v) is 11.2. The minimum atomic E-state index is 0.264. The van der Waals surface area contributed by atoms with Gasteiger partial charge in [0.15, 0.2) is 18.0 Å². The Morgan fingerprint density at radius 3 is 2.45 bits per heavy atom. The third-order valence-corrected chi connectivity index (χ3v) is 6.27. The summed E-state index contributed by atoms with van der Waals surface area (Å²) in [6, 6.07) is 14.6. The van der Waals surface area contributed by atoms with E-state index in [9.17, 15) is 4.79 Å². The fraction of sp³-hybridized carbons (Fsp3) is 0.480. The van der Waals surface area contributed by atoms with Crippen LogP contribution in [0.3, 0.4) is 0 Å². The summed E-state index contributed by atoms with van der Waals surface area (Å²) in [6.07, 6.45) is 0.897. The lowest BCUT2D eigenvalue weighted by atomic mass is 10.1. The van der Waals surface area contributed by atoms with Crippen LogP contribution < -0.4 is 19.3 Å². The number of benzene rings is 2. The summed E-state index contributed by atoms with van der Waals surface area (Å²) in [7, 11) is 5.39. The smallest absolute Gasteiger partial charge is 0.278 e. The lowest BCUT2D eigenvalue weighted by Crippen LogP contribution is -3.14. The molecule has 0 spiro atoms. The molecule has 1 atom stereocenters. The molecule has 0 bridgehead atoms. The predicted octanol–water partition coefficient (Wildman–Crippen LogP) is -0.00328. The molecule has 0 aromatic heterocycles. The minimum Gasteiger partial charge on any atom is -0.493 e. The molecular weight excluding hydrogens is 390 g/mol. The van der Waals surface area contributed by atoms with E-state index < -0.39 is 0 Å². The first kappa shape index (κ1) is 23.1. The van der Waals surface area contributed by atoms with Crippen molar-refractivity contribution in [1.29, 1.82) is 0 Å². The summed E-state index contributed by atoms with van der Waals surface area (Å²) in [5.74, 6) is 1.75. The number of hydrogen-bond donors (Lipinski definition) is 2. The molecule has 6 nitrogen and oxygen atoms in total. The van der Waals surface area contributed by atoms with Gasteiger partial charge in [-0.15, -0.1) is 0 Å². The van der Waals surface area contributed by atoms with E-state index in [0.29, 0.717) is 6.54 Å². The highest BCUT2D eigenvalue weighted by molar-refractivity contribution is 5.77. The quantitative estimate of drug-likeness (QED) is 0.592. The minimum absolute atomic E-state index is 0.264. The highest BCUT2D eigenvalue weighted by Crippen LogP contribution is 2.27. The summed E-state index contributed by atoms with van der Waals surface area (Å²) in [6.45, 7) is 8.40. The van der Waals surface area contributed by atoms with E-state index in [1.54, 1.807) is 19.1 Å². The van der Waals surface area contributed by atoms with Crippen LogP contribution in [0.15, 0.2) is 42.5 Å². The average Bonchev–Trinajstić information content (AvgIpc) is 2.79. The molecule has 2 aromatic rings. The van der Waals surface area contributed by atoms with Crippen LogP contribution >= 0.6 is 0 Å². The second kappa shape index (κ2) is 11.2. The molecule has 0 saturated carbocycles. The molecule has 1 aliphatic heterocycles. The SMILES string of the molecule is COc1ccc(CC[NH+](C)CC(=O)N2CC[NH+](Cc3ccccc3C)CC2)cc1OC. The molecule has 168 valence electrons. The van der Waals surface area contributed by atoms with Crippen LogP contribution in [0, 0.1) is 6.92 Å². The van der Waals surface area contributed by atoms with Crippen molar-refractivity contribution < 1.29 is 24.1 Å². The Labute approximate surface area is 186 Å². The number of carbonyl (C=O) groups is 1. The summed E-state index contributed by atoms with van der Waals surface area (Å²) >= 11 is 0. The average molecular weight is 428 g/mol. The number of piperazine rings is 1. The Hall–Kier alpha value is -2.57. The van der Waals surface area contributed by atoms with E-state index in [1.165, 1.54) is 21.6 Å². The number of carbonyl (C=O) groups excluding carboxylic acids is 1. The number of ether oxygens (including phenoxy) is 2. The largest absolute Gasteiger partial charge is 0.493 e. The Morgan fingerprint density at radius 1 is 1.06 bits per heavy atom. The van der Waals surface area contributed by atoms with E-state index in [-0.39, 0.29) is 5.91 Å². The van der Waals surface area contributed by atoms with Gasteiger partial charge in [-0.05, 0) is 30.2 Å². The third kappa shape index (κ3) is 6.45. The van der Waals surface area contributed by atoms with Crippen LogP contribution in [0.25, 0.3) is 0 Å². The van der Waals surface area contributed by atoms with Crippen molar-refractivity contribution in [3.05, 3.63) is 59.2 Å². The number of methoxy groups -OCH3 is 2. The van der Waals surface area contributed by atoms with Gasteiger partial charge in [-0.25, -0.2) is 0 Å². The van der Waals surface area contributed by atoms with Crippen molar-refractivity contribution in [2.45, 2.75) is 19.9 Å². The van der Waals surface area contributed by atoms with Crippen molar-refractivity contribution in [3.63, 3.8) is 0 Å². The Bertz CT molecular complexity index is 863. The van der Waals surface area contributed by atoms with Gasteiger partial charge in [0, 0.05) is 12.0 Å². The zero-order valence-electron chi connectivity index (χ0n) is 19.4. The van der Waals surface area contributed by atoms with Gasteiger partial charge in [-0.3, -0.25) is 4.79 Å². The lowest BCUT2D eigenvalue weighted by Gasteiger charge is -2.32. The zero-order chi connectivity index (χ0) is 22.2. The van der Waals surface area contributed by atoms with Gasteiger partial charge < -0.3 is 24.2 Å². The summed E-state index contributed by atoms with van der Waals surface area (Å²) < 4.78 is 10.7. The Morgan fingerprint density at radius 2 is 1.77 bits per heavy atom. The van der Waals surface area contributed by atoms with E-state index in [4.69, 9.17) is 9.47 Å². The van der Waals surface area contributed by atoms with Crippen LogP contribution in [0.1, 0.15) is 16.7 Å². The van der Waals surface area contributed by atoms with Crippen LogP contribution in [0.4, 0.5) is 0 Å². The van der Waals surface area contributed by atoms with E-state index in [2.05, 4.69) is 44.3 Å². The number of nitrogens with zero attached hydrogens (tertiary/aromatic N) is 1. The number of nitrogens with one attached hydrogen (secondary N) is 2. The lowest BCUT2D eigenvalue weighted by molar-refractivity contribution is -0.917. The van der Waals surface area contributed by atoms with Crippen molar-refractivity contribution in [1.82, 2.24) is 4.90 Å². The molecule has 1 saturated heterocycles. The van der Waals surface area contributed by atoms with Crippen LogP contribution in [0.2, 0.25) is 0 Å². The molecular formula is C25H37N3O3+2. The molecule has 0 aliphatic carbocycles. The molecule has 1 unspecified atom stereocenters. The van der Waals surface area contributed by atoms with E-state index >= 15 is 0 Å². The molecule has 1 aliphatic rings. The second-order valence-corrected chi connectivity index (χ2v) is 8.56. The van der Waals surface area contributed by atoms with Crippen LogP contribution in [-0.4, -0.2) is 71.3 Å². The molecule has 1 amide bonds.